The molecule has 0 radical (unpaired) electrons. The van der Waals surface area contributed by atoms with Crippen LogP contribution in [0.2, 0.25) is 0 Å². The fraction of sp³-hybridized carbons (Fsp3) is 0.316. The lowest BCUT2D eigenvalue weighted by Gasteiger charge is -2.26. The van der Waals surface area contributed by atoms with Gasteiger partial charge in [0.05, 0.1) is 12.6 Å². The van der Waals surface area contributed by atoms with Crippen molar-refractivity contribution in [1.82, 2.24) is 5.32 Å². The van der Waals surface area contributed by atoms with Crippen LogP contribution in [-0.4, -0.2) is 19.1 Å². The summed E-state index contributed by atoms with van der Waals surface area (Å²) in [5, 5.41) is 3.27. The van der Waals surface area contributed by atoms with Crippen LogP contribution in [0.4, 0.5) is 4.39 Å². The van der Waals surface area contributed by atoms with Crippen LogP contribution in [0.15, 0.2) is 53.5 Å². The number of aliphatic imine (C=N–C) groups is 1. The van der Waals surface area contributed by atoms with E-state index in [0.717, 1.165) is 36.1 Å². The fourth-order valence-corrected chi connectivity index (χ4v) is 2.89. The summed E-state index contributed by atoms with van der Waals surface area (Å²) in [5.41, 5.74) is 8.10. The number of para-hydroxylation sites is 1. The van der Waals surface area contributed by atoms with Crippen molar-refractivity contribution in [2.24, 2.45) is 10.7 Å². The number of hydrogen-bond acceptors (Lipinski definition) is 2. The van der Waals surface area contributed by atoms with E-state index in [1.807, 2.05) is 30.3 Å². The Morgan fingerprint density at radius 3 is 2.92 bits per heavy atom. The number of hydrogen-bond donors (Lipinski definition) is 2. The first-order valence-electron chi connectivity index (χ1n) is 8.25. The number of halogens is 2. The first-order chi connectivity index (χ1) is 11.7. The smallest absolute Gasteiger partial charge is 0.189 e. The van der Waals surface area contributed by atoms with Crippen LogP contribution in [0.1, 0.15) is 30.0 Å². The molecule has 2 aromatic carbocycles. The highest BCUT2D eigenvalue weighted by Crippen LogP contribution is 2.31. The molecule has 6 heteroatoms. The van der Waals surface area contributed by atoms with Crippen molar-refractivity contribution in [3.8, 4) is 5.75 Å². The Morgan fingerprint density at radius 1 is 1.24 bits per heavy atom. The lowest BCUT2D eigenvalue weighted by molar-refractivity contribution is 0.262. The Labute approximate surface area is 164 Å². The molecular weight excluding hydrogens is 432 g/mol. The first kappa shape index (κ1) is 19.5. The Bertz CT molecular complexity index is 723. The molecule has 3 N–H and O–H groups in total. The van der Waals surface area contributed by atoms with E-state index >= 15 is 0 Å². The zero-order valence-corrected chi connectivity index (χ0v) is 16.3. The third kappa shape index (κ3) is 5.59. The van der Waals surface area contributed by atoms with Crippen LogP contribution in [-0.2, 0) is 6.42 Å². The number of fused-ring (bicyclic) bond motifs is 1. The zero-order chi connectivity index (χ0) is 16.8. The van der Waals surface area contributed by atoms with Crippen molar-refractivity contribution in [2.75, 3.05) is 13.2 Å². The summed E-state index contributed by atoms with van der Waals surface area (Å²) < 4.78 is 18.8. The average molecular weight is 455 g/mol. The van der Waals surface area contributed by atoms with E-state index in [9.17, 15) is 4.39 Å². The number of aryl methyl sites for hydroxylation is 1. The minimum absolute atomic E-state index is 0. The monoisotopic (exact) mass is 455 g/mol. The molecule has 1 atom stereocenters. The molecule has 0 bridgehead atoms. The van der Waals surface area contributed by atoms with E-state index in [2.05, 4.69) is 10.3 Å². The van der Waals surface area contributed by atoms with Gasteiger partial charge in [-0.15, -0.1) is 24.0 Å². The van der Waals surface area contributed by atoms with E-state index in [1.165, 1.54) is 6.07 Å². The maximum absolute atomic E-state index is 13.1. The Morgan fingerprint density at radius 2 is 2.08 bits per heavy atom. The Balaban J connectivity index is 0.00000225. The summed E-state index contributed by atoms with van der Waals surface area (Å²) in [6.07, 6.45) is 2.47. The molecule has 134 valence electrons. The van der Waals surface area contributed by atoms with Crippen molar-refractivity contribution in [3.63, 3.8) is 0 Å². The van der Waals surface area contributed by atoms with Gasteiger partial charge in [0.1, 0.15) is 11.6 Å². The van der Waals surface area contributed by atoms with Gasteiger partial charge in [0.2, 0.25) is 0 Å². The minimum Gasteiger partial charge on any atom is -0.493 e. The molecule has 0 fully saturated rings. The van der Waals surface area contributed by atoms with Gasteiger partial charge in [-0.2, -0.15) is 0 Å². The second kappa shape index (κ2) is 9.60. The summed E-state index contributed by atoms with van der Waals surface area (Å²) in [5.74, 6) is 1.14. The van der Waals surface area contributed by atoms with Crippen molar-refractivity contribution in [3.05, 3.63) is 65.5 Å². The minimum atomic E-state index is -0.199. The van der Waals surface area contributed by atoms with Gasteiger partial charge in [-0.05, 0) is 36.6 Å². The largest absolute Gasteiger partial charge is 0.493 e. The molecular formula is C19H23FIN3O. The third-order valence-corrected chi connectivity index (χ3v) is 4.08. The fourth-order valence-electron chi connectivity index (χ4n) is 2.89. The average Bonchev–Trinajstić information content (AvgIpc) is 2.59. The van der Waals surface area contributed by atoms with Crippen LogP contribution >= 0.6 is 24.0 Å². The molecule has 0 saturated carbocycles. The molecule has 25 heavy (non-hydrogen) atoms. The predicted octanol–water partition coefficient (Wildman–Crippen LogP) is 3.80. The molecule has 1 aliphatic heterocycles. The standard InChI is InChI=1S/C19H22FN3O.HI/c20-15-7-3-5-14(13-15)6-4-11-22-19(21)23-17-10-12-24-18-9-2-1-8-16(17)18;/h1-3,5,7-9,13,17H,4,6,10-12H2,(H3,21,22,23);1H. The Kier molecular flexibility index (Phi) is 7.49. The lowest BCUT2D eigenvalue weighted by Crippen LogP contribution is -2.37. The van der Waals surface area contributed by atoms with E-state index in [1.54, 1.807) is 12.1 Å². The molecule has 1 aliphatic rings. The van der Waals surface area contributed by atoms with Crippen molar-refractivity contribution in [2.45, 2.75) is 25.3 Å². The van der Waals surface area contributed by atoms with Crippen molar-refractivity contribution >= 4 is 29.9 Å². The zero-order valence-electron chi connectivity index (χ0n) is 14.0. The van der Waals surface area contributed by atoms with Crippen LogP contribution < -0.4 is 15.8 Å². The van der Waals surface area contributed by atoms with Gasteiger partial charge in [0.15, 0.2) is 5.96 Å². The highest BCUT2D eigenvalue weighted by Gasteiger charge is 2.21. The summed E-state index contributed by atoms with van der Waals surface area (Å²) in [7, 11) is 0. The Hall–Kier alpha value is -1.83. The molecule has 0 amide bonds. The van der Waals surface area contributed by atoms with Crippen LogP contribution in [0.25, 0.3) is 0 Å². The maximum atomic E-state index is 13.1. The van der Waals surface area contributed by atoms with Gasteiger partial charge in [0, 0.05) is 18.5 Å². The van der Waals surface area contributed by atoms with Gasteiger partial charge in [-0.1, -0.05) is 30.3 Å². The molecule has 1 heterocycles. The SMILES string of the molecule is I.NC(=NCCCc1cccc(F)c1)NC1CCOc2ccccc21. The van der Waals surface area contributed by atoms with Crippen LogP contribution in [0.3, 0.4) is 0 Å². The molecule has 2 aromatic rings. The van der Waals surface area contributed by atoms with Crippen LogP contribution in [0, 0.1) is 5.82 Å². The van der Waals surface area contributed by atoms with E-state index in [0.29, 0.717) is 19.1 Å². The summed E-state index contributed by atoms with van der Waals surface area (Å²) in [6.45, 7) is 1.28. The quantitative estimate of drug-likeness (QED) is 0.312. The first-order valence-corrected chi connectivity index (χ1v) is 8.25. The molecule has 0 aromatic heterocycles. The van der Waals surface area contributed by atoms with Gasteiger partial charge < -0.3 is 15.8 Å². The number of ether oxygens (including phenoxy) is 1. The molecule has 4 nitrogen and oxygen atoms in total. The van der Waals surface area contributed by atoms with E-state index in [-0.39, 0.29) is 35.8 Å². The number of nitrogens with one attached hydrogen (secondary N) is 1. The van der Waals surface area contributed by atoms with Crippen molar-refractivity contribution < 1.29 is 9.13 Å². The van der Waals surface area contributed by atoms with E-state index in [4.69, 9.17) is 10.5 Å². The molecule has 0 spiro atoms. The van der Waals surface area contributed by atoms with Gasteiger partial charge >= 0.3 is 0 Å². The number of benzene rings is 2. The second-order valence-corrected chi connectivity index (χ2v) is 5.87. The molecule has 0 saturated heterocycles. The van der Waals surface area contributed by atoms with Gasteiger partial charge in [-0.25, -0.2) is 4.39 Å². The number of nitrogens with two attached hydrogens (primary N) is 1. The third-order valence-electron chi connectivity index (χ3n) is 4.08. The molecule has 1 unspecified atom stereocenters. The topological polar surface area (TPSA) is 59.6 Å². The predicted molar refractivity (Wildman–Crippen MR) is 109 cm³/mol. The number of guanidine groups is 1. The summed E-state index contributed by atoms with van der Waals surface area (Å²) >= 11 is 0. The van der Waals surface area contributed by atoms with Crippen molar-refractivity contribution in [1.29, 1.82) is 0 Å². The number of rotatable bonds is 5. The maximum Gasteiger partial charge on any atom is 0.189 e. The highest BCUT2D eigenvalue weighted by molar-refractivity contribution is 14.0. The van der Waals surface area contributed by atoms with Gasteiger partial charge in [0.25, 0.3) is 0 Å². The normalized spacial score (nSPS) is 16.4. The summed E-state index contributed by atoms with van der Waals surface area (Å²) in [6, 6.07) is 14.8. The molecule has 0 aliphatic carbocycles. The lowest BCUT2D eigenvalue weighted by atomic mass is 10.0. The second-order valence-electron chi connectivity index (χ2n) is 5.87. The van der Waals surface area contributed by atoms with E-state index < -0.39 is 0 Å². The van der Waals surface area contributed by atoms with Gasteiger partial charge in [-0.3, -0.25) is 4.99 Å². The summed E-state index contributed by atoms with van der Waals surface area (Å²) in [4.78, 5) is 4.38. The van der Waals surface area contributed by atoms with Crippen LogP contribution in [0.5, 0.6) is 5.75 Å². The number of nitrogens with zero attached hydrogens (tertiary/aromatic N) is 1. The molecule has 3 rings (SSSR count). The highest BCUT2D eigenvalue weighted by atomic mass is 127.